The van der Waals surface area contributed by atoms with Gasteiger partial charge in [0.15, 0.2) is 0 Å². The van der Waals surface area contributed by atoms with Crippen molar-refractivity contribution >= 4 is 22.2 Å². The summed E-state index contributed by atoms with van der Waals surface area (Å²) in [7, 11) is 0. The van der Waals surface area contributed by atoms with Gasteiger partial charge in [-0.2, -0.15) is 0 Å². The lowest BCUT2D eigenvalue weighted by Gasteiger charge is -2.31. The summed E-state index contributed by atoms with van der Waals surface area (Å²) in [6.45, 7) is 5.53. The molecule has 0 unspecified atom stereocenters. The van der Waals surface area contributed by atoms with Crippen molar-refractivity contribution in [2.75, 3.05) is 26.2 Å². The van der Waals surface area contributed by atoms with Gasteiger partial charge in [0.05, 0.1) is 10.5 Å². The second-order valence-corrected chi connectivity index (χ2v) is 5.86. The van der Waals surface area contributed by atoms with Crippen LogP contribution in [0.2, 0.25) is 0 Å². The van der Waals surface area contributed by atoms with E-state index in [2.05, 4.69) is 12.2 Å². The second kappa shape index (κ2) is 6.81. The van der Waals surface area contributed by atoms with Crippen LogP contribution in [0.25, 0.3) is 0 Å². The fourth-order valence-electron chi connectivity index (χ4n) is 2.40. The van der Waals surface area contributed by atoms with Gasteiger partial charge in [0.2, 0.25) is 0 Å². The van der Waals surface area contributed by atoms with Crippen molar-refractivity contribution in [1.82, 2.24) is 10.2 Å². The molecule has 1 aliphatic rings. The van der Waals surface area contributed by atoms with Gasteiger partial charge in [0, 0.05) is 24.5 Å². The average Bonchev–Trinajstić information content (AvgIpc) is 2.95. The second-order valence-electron chi connectivity index (χ2n) is 4.97. The maximum Gasteiger partial charge on any atom is 0.324 e. The van der Waals surface area contributed by atoms with Crippen molar-refractivity contribution in [3.8, 4) is 0 Å². The monoisotopic (exact) mass is 297 g/mol. The number of nitrogens with one attached hydrogen (secondary N) is 1. The summed E-state index contributed by atoms with van der Waals surface area (Å²) in [6.07, 6.45) is 1.98. The van der Waals surface area contributed by atoms with E-state index in [4.69, 9.17) is 0 Å². The molecule has 1 amide bonds. The highest BCUT2D eigenvalue weighted by atomic mass is 32.1. The van der Waals surface area contributed by atoms with Crippen molar-refractivity contribution in [3.63, 3.8) is 0 Å². The first-order valence-electron chi connectivity index (χ1n) is 6.84. The average molecular weight is 297 g/mol. The van der Waals surface area contributed by atoms with E-state index in [9.17, 15) is 14.9 Å². The molecule has 1 fully saturated rings. The summed E-state index contributed by atoms with van der Waals surface area (Å²) in [5, 5.41) is 15.6. The quantitative estimate of drug-likeness (QED) is 0.667. The molecule has 0 aliphatic carbocycles. The van der Waals surface area contributed by atoms with E-state index in [0.29, 0.717) is 11.5 Å². The number of hydrogen-bond donors (Lipinski definition) is 1. The third kappa shape index (κ3) is 3.55. The van der Waals surface area contributed by atoms with Crippen LogP contribution in [0, 0.1) is 16.0 Å². The molecule has 1 aromatic rings. The molecule has 110 valence electrons. The maximum atomic E-state index is 12.3. The number of piperidine rings is 1. The molecule has 6 nitrogen and oxygen atoms in total. The summed E-state index contributed by atoms with van der Waals surface area (Å²) < 4.78 is 0. The predicted molar refractivity (Wildman–Crippen MR) is 78.1 cm³/mol. The molecular formula is C13H19N3O3S. The zero-order valence-electron chi connectivity index (χ0n) is 11.5. The Kier molecular flexibility index (Phi) is 5.08. The van der Waals surface area contributed by atoms with Crippen LogP contribution in [0.1, 0.15) is 30.1 Å². The third-order valence-electron chi connectivity index (χ3n) is 3.60. The Labute approximate surface area is 121 Å². The first-order chi connectivity index (χ1) is 9.61. The van der Waals surface area contributed by atoms with Gasteiger partial charge in [0.1, 0.15) is 0 Å². The Morgan fingerprint density at radius 3 is 2.80 bits per heavy atom. The Hall–Kier alpha value is -1.47. The molecule has 2 heterocycles. The topological polar surface area (TPSA) is 75.5 Å². The van der Waals surface area contributed by atoms with Crippen LogP contribution in [0.15, 0.2) is 11.4 Å². The number of nitrogens with zero attached hydrogens (tertiary/aromatic N) is 2. The summed E-state index contributed by atoms with van der Waals surface area (Å²) in [6, 6.07) is 1.37. The van der Waals surface area contributed by atoms with Gasteiger partial charge in [-0.15, -0.1) is 0 Å². The van der Waals surface area contributed by atoms with Gasteiger partial charge in [-0.25, -0.2) is 0 Å². The Balaban J connectivity index is 1.89. The van der Waals surface area contributed by atoms with Crippen molar-refractivity contribution in [2.45, 2.75) is 19.8 Å². The van der Waals surface area contributed by atoms with Crippen LogP contribution in [0.3, 0.4) is 0 Å². The highest BCUT2D eigenvalue weighted by molar-refractivity contribution is 7.13. The molecule has 2 rings (SSSR count). The Bertz CT molecular complexity index is 481. The number of carbonyl (C=O) groups is 1. The van der Waals surface area contributed by atoms with Crippen LogP contribution in [0.5, 0.6) is 0 Å². The maximum absolute atomic E-state index is 12.3. The van der Waals surface area contributed by atoms with E-state index in [1.165, 1.54) is 6.07 Å². The zero-order valence-corrected chi connectivity index (χ0v) is 12.3. The molecule has 0 bridgehead atoms. The van der Waals surface area contributed by atoms with Gasteiger partial charge in [-0.05, 0) is 31.8 Å². The van der Waals surface area contributed by atoms with E-state index < -0.39 is 4.92 Å². The molecule has 1 N–H and O–H groups in total. The number of amides is 1. The molecule has 0 spiro atoms. The van der Waals surface area contributed by atoms with Crippen LogP contribution in [-0.4, -0.2) is 41.9 Å². The van der Waals surface area contributed by atoms with Gasteiger partial charge in [-0.1, -0.05) is 18.3 Å². The Morgan fingerprint density at radius 1 is 1.55 bits per heavy atom. The molecule has 20 heavy (non-hydrogen) atoms. The lowest BCUT2D eigenvalue weighted by molar-refractivity contribution is -0.380. The number of nitro groups is 1. The van der Waals surface area contributed by atoms with E-state index in [-0.39, 0.29) is 10.9 Å². The normalized spacial score (nSPS) is 16.4. The van der Waals surface area contributed by atoms with Crippen LogP contribution >= 0.6 is 11.3 Å². The molecule has 1 aliphatic heterocycles. The molecule has 0 atom stereocenters. The van der Waals surface area contributed by atoms with Crippen molar-refractivity contribution in [2.24, 2.45) is 5.92 Å². The number of likely N-dealkylation sites (tertiary alicyclic amines) is 1. The first-order valence-corrected chi connectivity index (χ1v) is 7.72. The van der Waals surface area contributed by atoms with E-state index in [1.54, 1.807) is 10.3 Å². The van der Waals surface area contributed by atoms with Crippen LogP contribution in [-0.2, 0) is 0 Å². The van der Waals surface area contributed by atoms with E-state index in [0.717, 1.165) is 50.4 Å². The van der Waals surface area contributed by atoms with Crippen molar-refractivity contribution in [3.05, 3.63) is 27.1 Å². The van der Waals surface area contributed by atoms with Crippen molar-refractivity contribution < 1.29 is 9.72 Å². The van der Waals surface area contributed by atoms with E-state index >= 15 is 0 Å². The highest BCUT2D eigenvalue weighted by Gasteiger charge is 2.25. The minimum atomic E-state index is -0.454. The summed E-state index contributed by atoms with van der Waals surface area (Å²) >= 11 is 1.01. The molecule has 7 heteroatoms. The summed E-state index contributed by atoms with van der Waals surface area (Å²) in [5.41, 5.74) is 0.437. The van der Waals surface area contributed by atoms with Gasteiger partial charge in [0.25, 0.3) is 5.91 Å². The number of hydrogen-bond acceptors (Lipinski definition) is 5. The summed E-state index contributed by atoms with van der Waals surface area (Å²) in [4.78, 5) is 24.2. The van der Waals surface area contributed by atoms with Crippen LogP contribution in [0.4, 0.5) is 5.00 Å². The SMILES string of the molecule is CCNCC1CCN(C(=O)c2csc([N+](=O)[O-])c2)CC1. The Morgan fingerprint density at radius 2 is 2.25 bits per heavy atom. The van der Waals surface area contributed by atoms with Gasteiger partial charge < -0.3 is 10.2 Å². The van der Waals surface area contributed by atoms with Crippen molar-refractivity contribution in [1.29, 1.82) is 0 Å². The van der Waals surface area contributed by atoms with Gasteiger partial charge in [-0.3, -0.25) is 14.9 Å². The summed E-state index contributed by atoms with van der Waals surface area (Å²) in [5.74, 6) is 0.534. The molecule has 0 radical (unpaired) electrons. The van der Waals surface area contributed by atoms with Gasteiger partial charge >= 0.3 is 5.00 Å². The minimum Gasteiger partial charge on any atom is -0.339 e. The largest absolute Gasteiger partial charge is 0.339 e. The molecule has 0 saturated carbocycles. The standard InChI is InChI=1S/C13H19N3O3S/c1-2-14-8-10-3-5-15(6-4-10)13(17)11-7-12(16(18)19)20-9-11/h7,9-10,14H,2-6,8H2,1H3. The molecule has 1 saturated heterocycles. The smallest absolute Gasteiger partial charge is 0.324 e. The number of rotatable bonds is 5. The molecule has 1 aromatic heterocycles. The molecular weight excluding hydrogens is 278 g/mol. The predicted octanol–water partition coefficient (Wildman–Crippen LogP) is 2.12. The fraction of sp³-hybridized carbons (Fsp3) is 0.615. The van der Waals surface area contributed by atoms with Crippen LogP contribution < -0.4 is 5.32 Å². The van der Waals surface area contributed by atoms with E-state index in [1.807, 2.05) is 0 Å². The third-order valence-corrected chi connectivity index (χ3v) is 4.48. The zero-order chi connectivity index (χ0) is 14.5. The highest BCUT2D eigenvalue weighted by Crippen LogP contribution is 2.25. The fourth-order valence-corrected chi connectivity index (χ4v) is 3.10. The first kappa shape index (κ1) is 14.9. The number of thiophene rings is 1. The number of carbonyl (C=O) groups excluding carboxylic acids is 1. The lowest BCUT2D eigenvalue weighted by atomic mass is 9.96. The lowest BCUT2D eigenvalue weighted by Crippen LogP contribution is -2.40. The molecule has 0 aromatic carbocycles. The minimum absolute atomic E-state index is 0.0235.